The van der Waals surface area contributed by atoms with Crippen molar-refractivity contribution in [3.63, 3.8) is 0 Å². The van der Waals surface area contributed by atoms with Crippen molar-refractivity contribution in [3.05, 3.63) is 199 Å². The van der Waals surface area contributed by atoms with Crippen LogP contribution in [-0.4, -0.2) is 0 Å². The highest BCUT2D eigenvalue weighted by molar-refractivity contribution is 6.11. The SMILES string of the molecule is CC(C)(C)c1cc(-c2cccc3cccc(-c4ccccc4N(c4ccc5c(c4)oc4ccccc45)c4ccccc4-c4ccc5oc6ccccc6c5c4)c23)cc(C(C)(C)C)c1. The first-order chi connectivity index (χ1) is 30.5. The molecule has 0 aliphatic heterocycles. The van der Waals surface area contributed by atoms with Gasteiger partial charge in [-0.05, 0) is 104 Å². The average Bonchev–Trinajstić information content (AvgIpc) is 3.86. The van der Waals surface area contributed by atoms with E-state index in [9.17, 15) is 0 Å². The number of benzene rings is 9. The summed E-state index contributed by atoms with van der Waals surface area (Å²) in [6.45, 7) is 13.9. The molecule has 0 saturated heterocycles. The van der Waals surface area contributed by atoms with Crippen molar-refractivity contribution < 1.29 is 8.83 Å². The number of hydrogen-bond acceptors (Lipinski definition) is 3. The lowest BCUT2D eigenvalue weighted by molar-refractivity contribution is 0.569. The molecule has 0 aliphatic carbocycles. The smallest absolute Gasteiger partial charge is 0.137 e. The number of fused-ring (bicyclic) bond motifs is 7. The molecule has 11 rings (SSSR count). The summed E-state index contributed by atoms with van der Waals surface area (Å²) >= 11 is 0. The van der Waals surface area contributed by atoms with Gasteiger partial charge in [-0.1, -0.05) is 175 Å². The fourth-order valence-electron chi connectivity index (χ4n) is 9.42. The summed E-state index contributed by atoms with van der Waals surface area (Å²) in [7, 11) is 0. The van der Waals surface area contributed by atoms with E-state index in [0.717, 1.165) is 77.6 Å². The number of para-hydroxylation sites is 4. The quantitative estimate of drug-likeness (QED) is 0.167. The second-order valence-corrected chi connectivity index (χ2v) is 19.0. The van der Waals surface area contributed by atoms with E-state index in [0.29, 0.717) is 0 Å². The molecule has 0 unspecified atom stereocenters. The Morgan fingerprint density at radius 2 is 0.873 bits per heavy atom. The standard InChI is InChI=1S/C60H49NO2/c1-59(2,3)41-33-40(34-42(36-41)60(4,5)6)45-23-15-17-38-18-16-24-50(58(38)45)46-20-8-12-26-53(46)61(43-30-31-49-47-21-9-13-27-54(47)63-57(49)37-43)52-25-11-7-19-44(52)39-29-32-56-51(35-39)48-22-10-14-28-55(48)62-56/h7-37H,1-6H3. The van der Waals surface area contributed by atoms with Crippen LogP contribution in [0.25, 0.3) is 88.0 Å². The fraction of sp³-hybridized carbons (Fsp3) is 0.133. The Morgan fingerprint density at radius 1 is 0.349 bits per heavy atom. The van der Waals surface area contributed by atoms with Gasteiger partial charge in [-0.3, -0.25) is 0 Å². The Kier molecular flexibility index (Phi) is 8.96. The van der Waals surface area contributed by atoms with Crippen LogP contribution in [0.2, 0.25) is 0 Å². The molecule has 306 valence electrons. The lowest BCUT2D eigenvalue weighted by Crippen LogP contribution is -2.16. The minimum atomic E-state index is -0.0138. The number of anilines is 3. The maximum atomic E-state index is 6.58. The maximum Gasteiger partial charge on any atom is 0.137 e. The third-order valence-corrected chi connectivity index (χ3v) is 12.8. The Bertz CT molecular complexity index is 3510. The summed E-state index contributed by atoms with van der Waals surface area (Å²) in [5, 5.41) is 6.85. The van der Waals surface area contributed by atoms with Crippen LogP contribution in [-0.2, 0) is 10.8 Å². The second kappa shape index (κ2) is 14.6. The fourth-order valence-corrected chi connectivity index (χ4v) is 9.42. The van der Waals surface area contributed by atoms with Crippen LogP contribution in [0, 0.1) is 0 Å². The van der Waals surface area contributed by atoms with Crippen LogP contribution in [0.5, 0.6) is 0 Å². The first kappa shape index (κ1) is 38.6. The highest BCUT2D eigenvalue weighted by atomic mass is 16.3. The molecule has 3 heteroatoms. The Hall–Kier alpha value is -7.36. The van der Waals surface area contributed by atoms with Crippen molar-refractivity contribution in [1.29, 1.82) is 0 Å². The molecule has 2 heterocycles. The van der Waals surface area contributed by atoms with Gasteiger partial charge in [0.2, 0.25) is 0 Å². The zero-order valence-electron chi connectivity index (χ0n) is 36.7. The predicted octanol–water partition coefficient (Wildman–Crippen LogP) is 17.7. The highest BCUT2D eigenvalue weighted by Gasteiger charge is 2.25. The molecular weight excluding hydrogens is 767 g/mol. The molecule has 0 N–H and O–H groups in total. The minimum absolute atomic E-state index is 0.0138. The number of nitrogens with zero attached hydrogens (tertiary/aromatic N) is 1. The molecule has 0 saturated carbocycles. The van der Waals surface area contributed by atoms with Crippen LogP contribution >= 0.6 is 0 Å². The summed E-state index contributed by atoms with van der Waals surface area (Å²) in [6.07, 6.45) is 0. The van der Waals surface area contributed by atoms with Crippen molar-refractivity contribution in [2.75, 3.05) is 4.90 Å². The van der Waals surface area contributed by atoms with E-state index < -0.39 is 0 Å². The van der Waals surface area contributed by atoms with Gasteiger partial charge in [-0.2, -0.15) is 0 Å². The van der Waals surface area contributed by atoms with E-state index in [1.165, 1.54) is 38.6 Å². The summed E-state index contributed by atoms with van der Waals surface area (Å²) in [5.74, 6) is 0. The molecule has 0 fully saturated rings. The zero-order chi connectivity index (χ0) is 43.0. The second-order valence-electron chi connectivity index (χ2n) is 19.0. The zero-order valence-corrected chi connectivity index (χ0v) is 36.7. The minimum Gasteiger partial charge on any atom is -0.456 e. The van der Waals surface area contributed by atoms with Crippen molar-refractivity contribution in [1.82, 2.24) is 0 Å². The van der Waals surface area contributed by atoms with Crippen LogP contribution in [0.1, 0.15) is 52.7 Å². The van der Waals surface area contributed by atoms with Gasteiger partial charge in [0.25, 0.3) is 0 Å². The van der Waals surface area contributed by atoms with Crippen LogP contribution in [0.3, 0.4) is 0 Å². The maximum absolute atomic E-state index is 6.58. The van der Waals surface area contributed by atoms with Gasteiger partial charge in [0.05, 0.1) is 11.4 Å². The third-order valence-electron chi connectivity index (χ3n) is 12.8. The van der Waals surface area contributed by atoms with Crippen LogP contribution < -0.4 is 4.90 Å². The average molecular weight is 816 g/mol. The normalized spacial score (nSPS) is 12.3. The summed E-state index contributed by atoms with van der Waals surface area (Å²) in [4.78, 5) is 2.42. The van der Waals surface area contributed by atoms with Crippen molar-refractivity contribution in [3.8, 4) is 33.4 Å². The number of furan rings is 2. The molecule has 0 spiro atoms. The highest BCUT2D eigenvalue weighted by Crippen LogP contribution is 2.49. The monoisotopic (exact) mass is 815 g/mol. The van der Waals surface area contributed by atoms with E-state index in [4.69, 9.17) is 8.83 Å². The van der Waals surface area contributed by atoms with Gasteiger partial charge in [0.1, 0.15) is 22.3 Å². The summed E-state index contributed by atoms with van der Waals surface area (Å²) in [6, 6.07) is 68.2. The van der Waals surface area contributed by atoms with E-state index in [1.807, 2.05) is 24.3 Å². The van der Waals surface area contributed by atoms with Crippen molar-refractivity contribution >= 4 is 71.7 Å². The molecule has 0 amide bonds. The number of rotatable bonds is 6. The van der Waals surface area contributed by atoms with E-state index in [-0.39, 0.29) is 10.8 Å². The molecule has 0 atom stereocenters. The van der Waals surface area contributed by atoms with E-state index >= 15 is 0 Å². The molecule has 0 aliphatic rings. The van der Waals surface area contributed by atoms with Gasteiger partial charge < -0.3 is 13.7 Å². The molecule has 0 radical (unpaired) electrons. The van der Waals surface area contributed by atoms with E-state index in [2.05, 4.69) is 210 Å². The van der Waals surface area contributed by atoms with Crippen molar-refractivity contribution in [2.24, 2.45) is 0 Å². The molecule has 63 heavy (non-hydrogen) atoms. The Balaban J connectivity index is 1.17. The lowest BCUT2D eigenvalue weighted by atomic mass is 9.78. The summed E-state index contributed by atoms with van der Waals surface area (Å²) < 4.78 is 12.9. The lowest BCUT2D eigenvalue weighted by Gasteiger charge is -2.30. The molecule has 9 aromatic carbocycles. The Labute approximate surface area is 368 Å². The molecule has 3 nitrogen and oxygen atoms in total. The van der Waals surface area contributed by atoms with Crippen LogP contribution in [0.15, 0.2) is 197 Å². The Morgan fingerprint density at radius 3 is 1.56 bits per heavy atom. The third kappa shape index (κ3) is 6.67. The topological polar surface area (TPSA) is 29.5 Å². The predicted molar refractivity (Wildman–Crippen MR) is 267 cm³/mol. The molecular formula is C60H49NO2. The van der Waals surface area contributed by atoms with Crippen molar-refractivity contribution in [2.45, 2.75) is 52.4 Å². The molecule has 2 aromatic heterocycles. The van der Waals surface area contributed by atoms with Gasteiger partial charge >= 0.3 is 0 Å². The largest absolute Gasteiger partial charge is 0.456 e. The molecule has 11 aromatic rings. The van der Waals surface area contributed by atoms with Gasteiger partial charge in [-0.15, -0.1) is 0 Å². The first-order valence-electron chi connectivity index (χ1n) is 22.0. The first-order valence-corrected chi connectivity index (χ1v) is 22.0. The van der Waals surface area contributed by atoms with Gasteiger partial charge in [-0.25, -0.2) is 0 Å². The van der Waals surface area contributed by atoms with Gasteiger partial charge in [0, 0.05) is 44.4 Å². The van der Waals surface area contributed by atoms with Crippen LogP contribution in [0.4, 0.5) is 17.1 Å². The summed E-state index contributed by atoms with van der Waals surface area (Å²) in [5.41, 5.74) is 16.3. The number of hydrogen-bond donors (Lipinski definition) is 0. The van der Waals surface area contributed by atoms with E-state index in [1.54, 1.807) is 0 Å². The molecule has 0 bridgehead atoms. The van der Waals surface area contributed by atoms with Gasteiger partial charge in [0.15, 0.2) is 0 Å².